The average molecular weight is 228 g/mol. The average Bonchev–Trinajstić information content (AvgIpc) is 2.49. The van der Waals surface area contributed by atoms with E-state index in [-0.39, 0.29) is 0 Å². The molecule has 2 rings (SSSR count). The standard InChI is InChI=1S/C9H16N4OS/c1-13-6-8(10)9(12-13)11-7-2-4-15(14)5-3-7/h6-7H,2-5,10H2,1H3,(H,11,12). The van der Waals surface area contributed by atoms with Gasteiger partial charge in [-0.05, 0) is 12.8 Å². The molecule has 0 aliphatic carbocycles. The quantitative estimate of drug-likeness (QED) is 0.765. The number of rotatable bonds is 2. The second kappa shape index (κ2) is 4.22. The highest BCUT2D eigenvalue weighted by Crippen LogP contribution is 2.19. The second-order valence-corrected chi connectivity index (χ2v) is 5.57. The maximum absolute atomic E-state index is 11.2. The Morgan fingerprint density at radius 2 is 2.27 bits per heavy atom. The van der Waals surface area contributed by atoms with E-state index >= 15 is 0 Å². The summed E-state index contributed by atoms with van der Waals surface area (Å²) in [5, 5.41) is 7.53. The Balaban J connectivity index is 1.97. The van der Waals surface area contributed by atoms with Gasteiger partial charge in [0.05, 0.1) is 5.69 Å². The molecule has 1 fully saturated rings. The molecule has 0 saturated carbocycles. The number of nitrogens with two attached hydrogens (primary N) is 1. The number of hydrogen-bond acceptors (Lipinski definition) is 4. The van der Waals surface area contributed by atoms with Crippen LogP contribution in [-0.2, 0) is 17.8 Å². The predicted octanol–water partition coefficient (Wildman–Crippen LogP) is 0.325. The Hall–Kier alpha value is -1.04. The van der Waals surface area contributed by atoms with Crippen molar-refractivity contribution >= 4 is 22.3 Å². The van der Waals surface area contributed by atoms with Crippen LogP contribution in [0.25, 0.3) is 0 Å². The fourth-order valence-corrected chi connectivity index (χ4v) is 3.05. The summed E-state index contributed by atoms with van der Waals surface area (Å²) in [4.78, 5) is 0. The Bertz CT molecular complexity index is 366. The van der Waals surface area contributed by atoms with Gasteiger partial charge in [0.1, 0.15) is 0 Å². The summed E-state index contributed by atoms with van der Waals surface area (Å²) < 4.78 is 12.9. The third-order valence-corrected chi connectivity index (χ3v) is 3.97. The summed E-state index contributed by atoms with van der Waals surface area (Å²) in [6.45, 7) is 0. The second-order valence-electron chi connectivity index (χ2n) is 3.87. The van der Waals surface area contributed by atoms with Crippen molar-refractivity contribution in [2.45, 2.75) is 18.9 Å². The van der Waals surface area contributed by atoms with Gasteiger partial charge in [-0.1, -0.05) is 0 Å². The SMILES string of the molecule is Cn1cc(N)c(NC2CCS(=O)CC2)n1. The summed E-state index contributed by atoms with van der Waals surface area (Å²) in [7, 11) is 1.23. The lowest BCUT2D eigenvalue weighted by atomic mass is 10.1. The molecule has 1 aromatic rings. The molecule has 6 heteroatoms. The van der Waals surface area contributed by atoms with Gasteiger partial charge in [0.15, 0.2) is 5.82 Å². The Morgan fingerprint density at radius 1 is 1.60 bits per heavy atom. The first kappa shape index (κ1) is 10.5. The van der Waals surface area contributed by atoms with Crippen LogP contribution in [0.1, 0.15) is 12.8 Å². The van der Waals surface area contributed by atoms with Gasteiger partial charge in [-0.2, -0.15) is 5.10 Å². The lowest BCUT2D eigenvalue weighted by Gasteiger charge is -2.22. The van der Waals surface area contributed by atoms with E-state index in [1.54, 1.807) is 10.9 Å². The van der Waals surface area contributed by atoms with Gasteiger partial charge in [0.25, 0.3) is 0 Å². The third kappa shape index (κ3) is 2.50. The maximum atomic E-state index is 11.2. The molecular weight excluding hydrogens is 212 g/mol. The van der Waals surface area contributed by atoms with E-state index in [9.17, 15) is 4.21 Å². The molecule has 3 N–H and O–H groups in total. The van der Waals surface area contributed by atoms with Crippen LogP contribution in [0, 0.1) is 0 Å². The molecule has 0 bridgehead atoms. The molecule has 0 amide bonds. The van der Waals surface area contributed by atoms with E-state index in [1.807, 2.05) is 7.05 Å². The predicted molar refractivity (Wildman–Crippen MR) is 62.1 cm³/mol. The third-order valence-electron chi connectivity index (χ3n) is 2.59. The minimum Gasteiger partial charge on any atom is -0.394 e. The van der Waals surface area contributed by atoms with Gasteiger partial charge in [0, 0.05) is 41.6 Å². The van der Waals surface area contributed by atoms with Crippen molar-refractivity contribution in [3.05, 3.63) is 6.20 Å². The minimum atomic E-state index is -0.616. The van der Waals surface area contributed by atoms with Crippen LogP contribution in [-0.4, -0.2) is 31.5 Å². The highest BCUT2D eigenvalue weighted by molar-refractivity contribution is 7.85. The van der Waals surface area contributed by atoms with Gasteiger partial charge < -0.3 is 11.1 Å². The summed E-state index contributed by atoms with van der Waals surface area (Å²) >= 11 is 0. The number of nitrogens with zero attached hydrogens (tertiary/aromatic N) is 2. The van der Waals surface area contributed by atoms with Crippen LogP contribution in [0.2, 0.25) is 0 Å². The number of anilines is 2. The molecule has 1 saturated heterocycles. The lowest BCUT2D eigenvalue weighted by molar-refractivity contribution is 0.620. The zero-order valence-corrected chi connectivity index (χ0v) is 9.59. The largest absolute Gasteiger partial charge is 0.394 e. The van der Waals surface area contributed by atoms with Crippen LogP contribution in [0.15, 0.2) is 6.20 Å². The fraction of sp³-hybridized carbons (Fsp3) is 0.667. The molecule has 0 radical (unpaired) electrons. The zero-order chi connectivity index (χ0) is 10.8. The van der Waals surface area contributed by atoms with E-state index in [4.69, 9.17) is 5.73 Å². The summed E-state index contributed by atoms with van der Waals surface area (Å²) in [5.41, 5.74) is 6.45. The zero-order valence-electron chi connectivity index (χ0n) is 8.77. The van der Waals surface area contributed by atoms with Gasteiger partial charge in [-0.15, -0.1) is 0 Å². The highest BCUT2D eigenvalue weighted by atomic mass is 32.2. The fourth-order valence-electron chi connectivity index (χ4n) is 1.75. The molecule has 5 nitrogen and oxygen atoms in total. The van der Waals surface area contributed by atoms with Gasteiger partial charge in [-0.3, -0.25) is 8.89 Å². The first-order chi connectivity index (χ1) is 7.15. The molecule has 1 aromatic heterocycles. The number of hydrogen-bond donors (Lipinski definition) is 2. The van der Waals surface area contributed by atoms with Gasteiger partial charge >= 0.3 is 0 Å². The van der Waals surface area contributed by atoms with E-state index in [0.717, 1.165) is 30.2 Å². The first-order valence-electron chi connectivity index (χ1n) is 5.06. The van der Waals surface area contributed by atoms with Crippen molar-refractivity contribution in [1.82, 2.24) is 9.78 Å². The minimum absolute atomic E-state index is 0.361. The molecule has 0 aromatic carbocycles. The molecule has 1 aliphatic heterocycles. The van der Waals surface area contributed by atoms with Crippen molar-refractivity contribution < 1.29 is 4.21 Å². The van der Waals surface area contributed by atoms with E-state index < -0.39 is 10.8 Å². The Kier molecular flexibility index (Phi) is 2.95. The van der Waals surface area contributed by atoms with Crippen LogP contribution >= 0.6 is 0 Å². The van der Waals surface area contributed by atoms with Crippen molar-refractivity contribution in [2.75, 3.05) is 22.6 Å². The van der Waals surface area contributed by atoms with Crippen LogP contribution in [0.3, 0.4) is 0 Å². The molecule has 0 spiro atoms. The van der Waals surface area contributed by atoms with Crippen molar-refractivity contribution in [2.24, 2.45) is 7.05 Å². The van der Waals surface area contributed by atoms with E-state index in [1.165, 1.54) is 0 Å². The monoisotopic (exact) mass is 228 g/mol. The van der Waals surface area contributed by atoms with E-state index in [0.29, 0.717) is 11.7 Å². The van der Waals surface area contributed by atoms with Crippen molar-refractivity contribution in [1.29, 1.82) is 0 Å². The number of nitrogens with one attached hydrogen (secondary N) is 1. The van der Waals surface area contributed by atoms with Crippen LogP contribution < -0.4 is 11.1 Å². The first-order valence-corrected chi connectivity index (χ1v) is 6.54. The maximum Gasteiger partial charge on any atom is 0.171 e. The van der Waals surface area contributed by atoms with Crippen molar-refractivity contribution in [3.8, 4) is 0 Å². The summed E-state index contributed by atoms with van der Waals surface area (Å²) in [6, 6.07) is 0.361. The van der Waals surface area contributed by atoms with E-state index in [2.05, 4.69) is 10.4 Å². The molecule has 84 valence electrons. The molecule has 1 aliphatic rings. The summed E-state index contributed by atoms with van der Waals surface area (Å²) in [5.74, 6) is 2.31. The molecule has 0 unspecified atom stereocenters. The summed E-state index contributed by atoms with van der Waals surface area (Å²) in [6.07, 6.45) is 3.65. The Labute approximate surface area is 91.5 Å². The number of aromatic nitrogens is 2. The normalized spacial score (nSPS) is 26.5. The molecule has 2 heterocycles. The van der Waals surface area contributed by atoms with Crippen LogP contribution in [0.5, 0.6) is 0 Å². The van der Waals surface area contributed by atoms with Crippen LogP contribution in [0.4, 0.5) is 11.5 Å². The smallest absolute Gasteiger partial charge is 0.171 e. The lowest BCUT2D eigenvalue weighted by Crippen LogP contribution is -2.29. The number of nitrogen functional groups attached to an aromatic ring is 1. The van der Waals surface area contributed by atoms with Crippen molar-refractivity contribution in [3.63, 3.8) is 0 Å². The molecule has 0 atom stereocenters. The number of aryl methyl sites for hydroxylation is 1. The molecular formula is C9H16N4OS. The van der Waals surface area contributed by atoms with Gasteiger partial charge in [0.2, 0.25) is 0 Å². The highest BCUT2D eigenvalue weighted by Gasteiger charge is 2.19. The molecule has 15 heavy (non-hydrogen) atoms. The van der Waals surface area contributed by atoms with Gasteiger partial charge in [-0.25, -0.2) is 0 Å². The topological polar surface area (TPSA) is 72.9 Å². The Morgan fingerprint density at radius 3 is 2.80 bits per heavy atom.